The predicted octanol–water partition coefficient (Wildman–Crippen LogP) is 2.66. The summed E-state index contributed by atoms with van der Waals surface area (Å²) in [4.78, 5) is 14.5. The Hall–Kier alpha value is -1.66. The number of carbonyl (C=O) groups is 1. The third-order valence-electron chi connectivity index (χ3n) is 5.92. The van der Waals surface area contributed by atoms with E-state index in [-0.39, 0.29) is 29.6 Å². The topological polar surface area (TPSA) is 50.8 Å². The first kappa shape index (κ1) is 16.8. The summed E-state index contributed by atoms with van der Waals surface area (Å²) in [6.07, 6.45) is 2.58. The average molecular weight is 348 g/mol. The van der Waals surface area contributed by atoms with Crippen LogP contribution in [0.1, 0.15) is 37.7 Å². The molecule has 0 radical (unpaired) electrons. The highest BCUT2D eigenvalue weighted by Crippen LogP contribution is 2.37. The van der Waals surface area contributed by atoms with E-state index in [1.807, 2.05) is 17.9 Å². The molecule has 3 fully saturated rings. The number of morpholine rings is 1. The molecule has 1 aliphatic carbocycles. The fraction of sp³-hybridized carbons (Fsp3) is 0.632. The highest BCUT2D eigenvalue weighted by molar-refractivity contribution is 5.75. The molecule has 1 aromatic carbocycles. The number of benzene rings is 1. The maximum atomic E-state index is 13.3. The van der Waals surface area contributed by atoms with Crippen LogP contribution in [0.5, 0.6) is 0 Å². The Bertz CT molecular complexity index is 649. The Balaban J connectivity index is 1.30. The zero-order valence-electron chi connectivity index (χ0n) is 14.5. The van der Waals surface area contributed by atoms with Crippen molar-refractivity contribution in [2.24, 2.45) is 0 Å². The molecule has 3 aliphatic rings. The second-order valence-electron chi connectivity index (χ2n) is 7.47. The number of halogens is 1. The number of nitrogens with zero attached hydrogens (tertiary/aromatic N) is 1. The third-order valence-corrected chi connectivity index (χ3v) is 5.92. The molecular weight excluding hydrogens is 323 g/mol. The average Bonchev–Trinajstić information content (AvgIpc) is 2.90. The van der Waals surface area contributed by atoms with Gasteiger partial charge in [0.2, 0.25) is 0 Å². The monoisotopic (exact) mass is 348 g/mol. The fourth-order valence-electron chi connectivity index (χ4n) is 4.18. The first-order valence-corrected chi connectivity index (χ1v) is 9.12. The number of urea groups is 1. The van der Waals surface area contributed by atoms with Crippen LogP contribution in [0.3, 0.4) is 0 Å². The van der Waals surface area contributed by atoms with Crippen LogP contribution in [0.15, 0.2) is 24.3 Å². The highest BCUT2D eigenvalue weighted by Gasteiger charge is 2.47. The summed E-state index contributed by atoms with van der Waals surface area (Å²) in [6, 6.07) is 6.90. The van der Waals surface area contributed by atoms with Gasteiger partial charge in [-0.2, -0.15) is 0 Å². The summed E-state index contributed by atoms with van der Waals surface area (Å²) < 4.78 is 24.9. The van der Waals surface area contributed by atoms with Crippen molar-refractivity contribution in [1.82, 2.24) is 10.2 Å². The van der Waals surface area contributed by atoms with Crippen LogP contribution in [0, 0.1) is 5.82 Å². The van der Waals surface area contributed by atoms with E-state index in [4.69, 9.17) is 9.47 Å². The van der Waals surface area contributed by atoms with Crippen LogP contribution in [0.4, 0.5) is 9.18 Å². The number of hydrogen-bond acceptors (Lipinski definition) is 3. The van der Waals surface area contributed by atoms with Crippen LogP contribution in [-0.4, -0.2) is 55.0 Å². The summed E-state index contributed by atoms with van der Waals surface area (Å²) in [5, 5.41) is 3.12. The molecule has 2 saturated heterocycles. The standard InChI is InChI=1S/C19H25FN2O3/c1-13-19(5-7-24-13)12-22(6-8-25-19)18(23)21-17-10-15(11-17)14-3-2-4-16(20)9-14/h2-4,9,13,15,17H,5-8,10-12H2,1H3,(H,21,23)/t13-,15?,17?,19-/m1/s1. The zero-order valence-corrected chi connectivity index (χ0v) is 14.5. The second kappa shape index (κ2) is 6.57. The van der Waals surface area contributed by atoms with Gasteiger partial charge >= 0.3 is 6.03 Å². The Morgan fingerprint density at radius 3 is 2.92 bits per heavy atom. The lowest BCUT2D eigenvalue weighted by molar-refractivity contribution is -0.125. The van der Waals surface area contributed by atoms with E-state index in [1.54, 1.807) is 12.1 Å². The van der Waals surface area contributed by atoms with E-state index in [0.717, 1.165) is 24.8 Å². The molecule has 1 spiro atoms. The Labute approximate surface area is 147 Å². The van der Waals surface area contributed by atoms with Gasteiger partial charge in [-0.05, 0) is 43.4 Å². The van der Waals surface area contributed by atoms with E-state index in [0.29, 0.717) is 32.2 Å². The van der Waals surface area contributed by atoms with Gasteiger partial charge < -0.3 is 19.7 Å². The molecular formula is C19H25FN2O3. The normalized spacial score (nSPS) is 34.8. The van der Waals surface area contributed by atoms with Gasteiger partial charge in [-0.3, -0.25) is 0 Å². The van der Waals surface area contributed by atoms with Gasteiger partial charge in [0.05, 0.1) is 19.3 Å². The first-order valence-electron chi connectivity index (χ1n) is 9.12. The number of nitrogens with one attached hydrogen (secondary N) is 1. The van der Waals surface area contributed by atoms with Crippen LogP contribution in [-0.2, 0) is 9.47 Å². The van der Waals surface area contributed by atoms with Gasteiger partial charge in [0.25, 0.3) is 0 Å². The van der Waals surface area contributed by atoms with Crippen LogP contribution >= 0.6 is 0 Å². The molecule has 2 atom stereocenters. The minimum absolute atomic E-state index is 0.0177. The number of hydrogen-bond donors (Lipinski definition) is 1. The van der Waals surface area contributed by atoms with Crippen molar-refractivity contribution >= 4 is 6.03 Å². The quantitative estimate of drug-likeness (QED) is 0.894. The summed E-state index contributed by atoms with van der Waals surface area (Å²) >= 11 is 0. The summed E-state index contributed by atoms with van der Waals surface area (Å²) in [5.41, 5.74) is 0.673. The summed E-state index contributed by atoms with van der Waals surface area (Å²) in [7, 11) is 0. The molecule has 1 N–H and O–H groups in total. The van der Waals surface area contributed by atoms with Gasteiger partial charge in [0.1, 0.15) is 11.4 Å². The van der Waals surface area contributed by atoms with Crippen molar-refractivity contribution in [3.8, 4) is 0 Å². The minimum atomic E-state index is -0.348. The van der Waals surface area contributed by atoms with E-state index in [1.165, 1.54) is 6.07 Å². The molecule has 6 heteroatoms. The number of amides is 2. The van der Waals surface area contributed by atoms with Crippen LogP contribution < -0.4 is 5.32 Å². The predicted molar refractivity (Wildman–Crippen MR) is 91.0 cm³/mol. The van der Waals surface area contributed by atoms with Crippen molar-refractivity contribution in [3.05, 3.63) is 35.6 Å². The highest BCUT2D eigenvalue weighted by atomic mass is 19.1. The SMILES string of the molecule is C[C@H]1OCC[C@@]12CN(C(=O)NC1CC(c3cccc(F)c3)C1)CCO2. The maximum Gasteiger partial charge on any atom is 0.317 e. The zero-order chi connectivity index (χ0) is 17.4. The lowest BCUT2D eigenvalue weighted by Crippen LogP contribution is -2.60. The van der Waals surface area contributed by atoms with Crippen molar-refractivity contribution in [2.75, 3.05) is 26.3 Å². The molecule has 2 heterocycles. The van der Waals surface area contributed by atoms with Crippen molar-refractivity contribution in [1.29, 1.82) is 0 Å². The number of carbonyl (C=O) groups excluding carboxylic acids is 1. The molecule has 4 rings (SSSR count). The van der Waals surface area contributed by atoms with E-state index in [9.17, 15) is 9.18 Å². The molecule has 5 nitrogen and oxygen atoms in total. The molecule has 0 unspecified atom stereocenters. The maximum absolute atomic E-state index is 13.3. The molecule has 136 valence electrons. The first-order chi connectivity index (χ1) is 12.1. The molecule has 0 aromatic heterocycles. The Morgan fingerprint density at radius 2 is 2.20 bits per heavy atom. The van der Waals surface area contributed by atoms with Crippen LogP contribution in [0.25, 0.3) is 0 Å². The smallest absolute Gasteiger partial charge is 0.317 e. The Morgan fingerprint density at radius 1 is 1.36 bits per heavy atom. The summed E-state index contributed by atoms with van der Waals surface area (Å²) in [6.45, 7) is 4.45. The lowest BCUT2D eigenvalue weighted by atomic mass is 9.76. The molecule has 0 bridgehead atoms. The van der Waals surface area contributed by atoms with E-state index in [2.05, 4.69) is 5.32 Å². The van der Waals surface area contributed by atoms with E-state index >= 15 is 0 Å². The third kappa shape index (κ3) is 3.25. The largest absolute Gasteiger partial charge is 0.375 e. The Kier molecular flexibility index (Phi) is 4.41. The minimum Gasteiger partial charge on any atom is -0.375 e. The number of rotatable bonds is 2. The van der Waals surface area contributed by atoms with Gasteiger partial charge in [0, 0.05) is 25.6 Å². The molecule has 1 aromatic rings. The van der Waals surface area contributed by atoms with Gasteiger partial charge in [-0.25, -0.2) is 9.18 Å². The molecule has 25 heavy (non-hydrogen) atoms. The van der Waals surface area contributed by atoms with Crippen molar-refractivity contribution in [3.63, 3.8) is 0 Å². The molecule has 2 aliphatic heterocycles. The van der Waals surface area contributed by atoms with Crippen molar-refractivity contribution in [2.45, 2.75) is 49.9 Å². The van der Waals surface area contributed by atoms with Crippen LogP contribution in [0.2, 0.25) is 0 Å². The van der Waals surface area contributed by atoms with E-state index < -0.39 is 0 Å². The molecule has 1 saturated carbocycles. The fourth-order valence-corrected chi connectivity index (χ4v) is 4.18. The van der Waals surface area contributed by atoms with Crippen molar-refractivity contribution < 1.29 is 18.7 Å². The summed E-state index contributed by atoms with van der Waals surface area (Å²) in [5.74, 6) is 0.136. The van der Waals surface area contributed by atoms with Gasteiger partial charge in [-0.1, -0.05) is 12.1 Å². The lowest BCUT2D eigenvalue weighted by Gasteiger charge is -2.43. The number of ether oxygens (including phenoxy) is 2. The second-order valence-corrected chi connectivity index (χ2v) is 7.47. The molecule has 2 amide bonds. The van der Waals surface area contributed by atoms with Gasteiger partial charge in [-0.15, -0.1) is 0 Å². The van der Waals surface area contributed by atoms with Gasteiger partial charge in [0.15, 0.2) is 0 Å².